The van der Waals surface area contributed by atoms with Crippen molar-refractivity contribution < 1.29 is 39.9 Å². The predicted molar refractivity (Wildman–Crippen MR) is 362 cm³/mol. The van der Waals surface area contributed by atoms with Gasteiger partial charge in [-0.3, -0.25) is 9.89 Å². The van der Waals surface area contributed by atoms with Crippen molar-refractivity contribution >= 4 is 6.21 Å². The van der Waals surface area contributed by atoms with Gasteiger partial charge >= 0.3 is 12.4 Å². The Hall–Kier alpha value is -4.57. The first-order valence-electron chi connectivity index (χ1n) is 35.3. The minimum atomic E-state index is -5.20. The molecule has 5 aliphatic rings. The number of nitrogens with zero attached hydrogens (tertiary/aromatic N) is 5. The molecule has 4 fully saturated rings. The maximum absolute atomic E-state index is 14.9. The van der Waals surface area contributed by atoms with Crippen LogP contribution in [-0.2, 0) is 29.9 Å². The second kappa shape index (κ2) is 35.1. The number of hydrogen-bond acceptors (Lipinski definition) is 12. The van der Waals surface area contributed by atoms with Crippen molar-refractivity contribution in [2.24, 2.45) is 28.7 Å². The van der Waals surface area contributed by atoms with Crippen LogP contribution in [0.15, 0.2) is 89.4 Å². The molecule has 0 amide bonds. The molecule has 12 atom stereocenters. The van der Waals surface area contributed by atoms with Gasteiger partial charge in [0.25, 0.3) is 0 Å². The van der Waals surface area contributed by atoms with Crippen LogP contribution in [0.25, 0.3) is 0 Å². The Kier molecular flexibility index (Phi) is 28.6. The molecule has 2 saturated heterocycles. The van der Waals surface area contributed by atoms with Crippen molar-refractivity contribution in [3.63, 3.8) is 0 Å². The minimum Gasteiger partial charge on any atom is -0.369 e. The molecule has 7 rings (SSSR count). The van der Waals surface area contributed by atoms with E-state index in [1.54, 1.807) is 24.7 Å². The summed E-state index contributed by atoms with van der Waals surface area (Å²) in [6.45, 7) is 32.4. The van der Waals surface area contributed by atoms with Gasteiger partial charge in [0.15, 0.2) is 6.23 Å². The maximum atomic E-state index is 14.9. The number of nitrogens with one attached hydrogen (secondary N) is 6. The summed E-state index contributed by atoms with van der Waals surface area (Å²) in [4.78, 5) is 14.3. The summed E-state index contributed by atoms with van der Waals surface area (Å²) in [7, 11) is 1.85. The van der Waals surface area contributed by atoms with Gasteiger partial charge in [0.05, 0.1) is 5.56 Å². The van der Waals surface area contributed by atoms with Gasteiger partial charge < -0.3 is 51.3 Å². The van der Waals surface area contributed by atoms with Crippen molar-refractivity contribution in [1.82, 2.24) is 51.5 Å². The van der Waals surface area contributed by atoms with E-state index >= 15 is 0 Å². The van der Waals surface area contributed by atoms with Gasteiger partial charge in [-0.1, -0.05) is 78.9 Å². The summed E-state index contributed by atoms with van der Waals surface area (Å²) in [6.07, 6.45) is 14.6. The van der Waals surface area contributed by atoms with E-state index in [0.717, 1.165) is 108 Å². The van der Waals surface area contributed by atoms with E-state index in [4.69, 9.17) is 9.73 Å². The van der Waals surface area contributed by atoms with Gasteiger partial charge in [-0.15, -0.1) is 0 Å². The lowest BCUT2D eigenvalue weighted by molar-refractivity contribution is -0.142. The van der Waals surface area contributed by atoms with Crippen LogP contribution in [0, 0.1) is 35.3 Å². The normalized spacial score (nSPS) is 29.1. The number of ether oxygens (including phenoxy) is 1. The van der Waals surface area contributed by atoms with Gasteiger partial charge in [0.1, 0.15) is 17.2 Å². The fraction of sp³-hybridized carbons (Fsp3) is 0.712. The van der Waals surface area contributed by atoms with Gasteiger partial charge in [0.2, 0.25) is 0 Å². The molecule has 2 saturated carbocycles. The van der Waals surface area contributed by atoms with Crippen LogP contribution in [0.3, 0.4) is 0 Å². The van der Waals surface area contributed by atoms with Crippen LogP contribution in [0.4, 0.5) is 35.1 Å². The largest absolute Gasteiger partial charge is 0.422 e. The molecule has 93 heavy (non-hydrogen) atoms. The molecule has 524 valence electrons. The fourth-order valence-corrected chi connectivity index (χ4v) is 15.4. The zero-order valence-corrected chi connectivity index (χ0v) is 58.2. The SMILES string of the molecule is CCO[C@@H]1CNCC2(CCCC2)NC(C)[C@H](C2CCCC2)N2C(C)[C@@H](C)C2CNC(C)[C@H](CC(C)C)NC[C@H]([C@@H](C)CC)NC(C)[C@H](C)N2CCCC2=CN(CC)C(Cc2ccc(C(F)(F)F)cc2)=CN(C)C=CNC(CCc2cc(F)c(C(F)(F)F)c(F)c2)=CC=N1. The number of benzene rings is 2. The third-order valence-corrected chi connectivity index (χ3v) is 21.2. The highest BCUT2D eigenvalue weighted by atomic mass is 19.4. The first-order chi connectivity index (χ1) is 44.1. The van der Waals surface area contributed by atoms with E-state index in [1.165, 1.54) is 43.5 Å². The molecule has 2 aromatic carbocycles. The molecular weight excluding hydrogens is 1200 g/mol. The smallest absolute Gasteiger partial charge is 0.369 e. The van der Waals surface area contributed by atoms with Crippen molar-refractivity contribution in [2.45, 2.75) is 258 Å². The topological polar surface area (TPSA) is 107 Å². The van der Waals surface area contributed by atoms with E-state index in [-0.39, 0.29) is 60.2 Å². The second-order valence-electron chi connectivity index (χ2n) is 28.4. The first kappa shape index (κ1) is 75.8. The third-order valence-electron chi connectivity index (χ3n) is 21.2. The average Bonchev–Trinajstić information content (AvgIpc) is 1.43. The molecule has 5 unspecified atom stereocenters. The minimum absolute atomic E-state index is 0.00335. The van der Waals surface area contributed by atoms with Crippen molar-refractivity contribution in [3.8, 4) is 0 Å². The molecule has 0 aromatic heterocycles. The lowest BCUT2D eigenvalue weighted by Crippen LogP contribution is -2.73. The van der Waals surface area contributed by atoms with Crippen LogP contribution in [0.5, 0.6) is 0 Å². The number of fused-ring (bicyclic) bond motifs is 2. The molecule has 2 aliphatic carbocycles. The second-order valence-corrected chi connectivity index (χ2v) is 28.4. The number of hydrogen-bond donors (Lipinski definition) is 6. The maximum Gasteiger partial charge on any atom is 0.422 e. The average molecular weight is 1310 g/mol. The Bertz CT molecular complexity index is 2730. The van der Waals surface area contributed by atoms with Crippen molar-refractivity contribution in [1.29, 1.82) is 0 Å². The molecule has 3 heterocycles. The summed E-state index contributed by atoms with van der Waals surface area (Å²) in [5.41, 5.74) is 0.550. The highest BCUT2D eigenvalue weighted by Crippen LogP contribution is 2.43. The monoisotopic (exact) mass is 1310 g/mol. The van der Waals surface area contributed by atoms with Gasteiger partial charge in [0, 0.05) is 167 Å². The summed E-state index contributed by atoms with van der Waals surface area (Å²) < 4.78 is 118. The van der Waals surface area contributed by atoms with E-state index in [0.29, 0.717) is 79.2 Å². The Morgan fingerprint density at radius 3 is 2.08 bits per heavy atom. The zero-order chi connectivity index (χ0) is 67.8. The number of rotatable bonds is 13. The molecule has 0 radical (unpaired) electrons. The van der Waals surface area contributed by atoms with E-state index in [1.807, 2.05) is 25.1 Å². The standard InChI is InChI=1S/C73H115F8N11O/c1-14-49(6)66-42-86-65(38-48(4)5)52(9)85-43-67-50(7)54(11)92(67)70(58-22-17-18-23-58)53(10)88-71(32-19-20-33-71)47-82-44-68(93-16-3)84-34-31-60(30-27-57-40-63(74)69(64(75)41-57)73(79,80)81)83-35-37-89(13)45-62(39-56-25-28-59(29-26-56)72(76,77)78)90(15-2)46-61-24-21-36-91(61)55(12)51(8)87-66/h25-26,28-29,31,34-35,37,40-41,45-46,48-55,58,65-68,70,82-83,85-88H,14-24,27,30,32-33,36,38-39,42-44,47H2,1-13H3/t49-,50+,51?,52?,53?,54?,55-,65-,66+,67?,68+,70+/m0/s1. The van der Waals surface area contributed by atoms with E-state index in [9.17, 15) is 35.1 Å². The Morgan fingerprint density at radius 1 is 0.763 bits per heavy atom. The number of aryl methyl sites for hydroxylation is 1. The summed E-state index contributed by atoms with van der Waals surface area (Å²) in [5.74, 6) is -1.27. The summed E-state index contributed by atoms with van der Waals surface area (Å²) in [5, 5.41) is 23.9. The van der Waals surface area contributed by atoms with Crippen LogP contribution < -0.4 is 31.9 Å². The molecule has 12 nitrogen and oxygen atoms in total. The molecule has 20 heteroatoms. The van der Waals surface area contributed by atoms with E-state index in [2.05, 4.69) is 129 Å². The Labute approximate surface area is 553 Å². The van der Waals surface area contributed by atoms with Gasteiger partial charge in [-0.2, -0.15) is 26.3 Å². The lowest BCUT2D eigenvalue weighted by atomic mass is 9.75. The highest BCUT2D eigenvalue weighted by Gasteiger charge is 2.51. The quantitative estimate of drug-likeness (QED) is 0.108. The number of allylic oxidation sites excluding steroid dienone is 4. The molecule has 1 spiro atoms. The number of alkyl halides is 6. The Morgan fingerprint density at radius 2 is 1.45 bits per heavy atom. The third kappa shape index (κ3) is 21.2. The first-order valence-corrected chi connectivity index (χ1v) is 35.3. The van der Waals surface area contributed by atoms with Crippen molar-refractivity contribution in [3.05, 3.63) is 118 Å². The van der Waals surface area contributed by atoms with Crippen LogP contribution in [0.2, 0.25) is 0 Å². The molecule has 0 bridgehead atoms. The lowest BCUT2D eigenvalue weighted by Gasteiger charge is -2.60. The summed E-state index contributed by atoms with van der Waals surface area (Å²) in [6, 6.07) is 9.25. The summed E-state index contributed by atoms with van der Waals surface area (Å²) >= 11 is 0. The van der Waals surface area contributed by atoms with Crippen LogP contribution in [0.1, 0.15) is 189 Å². The van der Waals surface area contributed by atoms with Crippen LogP contribution in [-0.4, -0.2) is 145 Å². The van der Waals surface area contributed by atoms with Gasteiger partial charge in [-0.25, -0.2) is 8.78 Å². The highest BCUT2D eigenvalue weighted by molar-refractivity contribution is 5.72. The van der Waals surface area contributed by atoms with E-state index < -0.39 is 41.3 Å². The molecular formula is C73H115F8N11O. The van der Waals surface area contributed by atoms with Gasteiger partial charge in [-0.05, 0) is 171 Å². The van der Waals surface area contributed by atoms with Crippen LogP contribution >= 0.6 is 0 Å². The molecule has 6 N–H and O–H groups in total. The predicted octanol–water partition coefficient (Wildman–Crippen LogP) is 14.5. The zero-order valence-electron chi connectivity index (χ0n) is 58.2. The number of halogens is 8. The fourth-order valence-electron chi connectivity index (χ4n) is 15.4. The van der Waals surface area contributed by atoms with Crippen molar-refractivity contribution in [2.75, 3.05) is 52.9 Å². The number of aliphatic imine (C=N–C) groups is 1. The Balaban J connectivity index is 1.24. The molecule has 2 aromatic rings. The number of likely N-dealkylation sites (N-methyl/N-ethyl adjacent to an activating group) is 1. The molecule has 3 aliphatic heterocycles.